The van der Waals surface area contributed by atoms with Crippen LogP contribution in [0, 0.1) is 0 Å². The predicted octanol–water partition coefficient (Wildman–Crippen LogP) is 3.28. The fourth-order valence-corrected chi connectivity index (χ4v) is 19.7. The van der Waals surface area contributed by atoms with Crippen LogP contribution in [0.5, 0.6) is 0 Å². The average Bonchev–Trinajstić information content (AvgIpc) is 2.61. The first-order valence-electron chi connectivity index (χ1n) is 8.16. The molecule has 0 radical (unpaired) electrons. The topological polar surface area (TPSA) is 37.4 Å². The Kier molecular flexibility index (Phi) is 4.90. The molecule has 2 aliphatic rings. The molecule has 0 bridgehead atoms. The number of piperidine rings is 1. The molecule has 0 N–H and O–H groups in total. The maximum atomic E-state index is 13.2. The van der Waals surface area contributed by atoms with E-state index in [0.717, 1.165) is 16.8 Å². The number of sulfone groups is 1. The first-order valence-corrected chi connectivity index (χ1v) is 20.6. The number of rotatable bonds is 3. The fourth-order valence-electron chi connectivity index (χ4n) is 3.83. The second kappa shape index (κ2) is 5.80. The van der Waals surface area contributed by atoms with Crippen LogP contribution in [0.3, 0.4) is 0 Å². The second-order valence-corrected chi connectivity index (χ2v) is 27.8. The molecule has 2 atom stereocenters. The number of hydrogen-bond donors (Lipinski definition) is 0. The van der Waals surface area contributed by atoms with Gasteiger partial charge < -0.3 is 0 Å². The van der Waals surface area contributed by atoms with Gasteiger partial charge >= 0.3 is 134 Å². The van der Waals surface area contributed by atoms with Gasteiger partial charge in [-0.2, -0.15) is 0 Å². The van der Waals surface area contributed by atoms with Crippen molar-refractivity contribution in [3.8, 4) is 0 Å². The molecule has 0 aromatic rings. The first kappa shape index (κ1) is 17.8. The summed E-state index contributed by atoms with van der Waals surface area (Å²) in [5.41, 5.74) is 0. The van der Waals surface area contributed by atoms with Crippen LogP contribution >= 0.6 is 0 Å². The van der Waals surface area contributed by atoms with Gasteiger partial charge in [0.15, 0.2) is 0 Å². The van der Waals surface area contributed by atoms with Gasteiger partial charge in [0.2, 0.25) is 0 Å². The number of nitrogens with zero attached hydrogens (tertiary/aromatic N) is 1. The minimum absolute atomic E-state index is 0.136. The van der Waals surface area contributed by atoms with Crippen molar-refractivity contribution in [2.24, 2.45) is 0 Å². The van der Waals surface area contributed by atoms with Gasteiger partial charge in [-0.1, -0.05) is 0 Å². The molecule has 1 fully saturated rings. The molecule has 122 valence electrons. The van der Waals surface area contributed by atoms with E-state index in [-0.39, 0.29) is 10.9 Å². The third-order valence-corrected chi connectivity index (χ3v) is 19.9. The fraction of sp³-hybridized carbons (Fsp3) is 0.867. The molecular weight excluding hydrogens is 359 g/mol. The Hall–Kier alpha value is 0.410. The van der Waals surface area contributed by atoms with Crippen LogP contribution in [0.2, 0.25) is 36.9 Å². The van der Waals surface area contributed by atoms with E-state index in [1.54, 1.807) is 0 Å². The first-order chi connectivity index (χ1) is 9.45. The molecule has 2 unspecified atom stereocenters. The van der Waals surface area contributed by atoms with Crippen LogP contribution in [-0.2, 0) is 9.84 Å². The minimum atomic E-state index is -3.08. The molecule has 2 heterocycles. The summed E-state index contributed by atoms with van der Waals surface area (Å²) in [6.45, 7) is 8.81. The molecule has 0 aliphatic carbocycles. The van der Waals surface area contributed by atoms with Gasteiger partial charge in [0, 0.05) is 0 Å². The van der Waals surface area contributed by atoms with Crippen molar-refractivity contribution in [3.05, 3.63) is 9.81 Å². The van der Waals surface area contributed by atoms with E-state index in [2.05, 4.69) is 47.9 Å². The summed E-state index contributed by atoms with van der Waals surface area (Å²) in [7, 11) is -4.86. The van der Waals surface area contributed by atoms with Gasteiger partial charge in [0.1, 0.15) is 0 Å². The van der Waals surface area contributed by atoms with E-state index in [4.69, 9.17) is 0 Å². The zero-order valence-electron chi connectivity index (χ0n) is 14.4. The van der Waals surface area contributed by atoms with Crippen LogP contribution < -0.4 is 0 Å². The molecule has 0 saturated carbocycles. The molecule has 1 saturated heterocycles. The molecular formula is C15H31GeNO2SSi. The standard InChI is InChI=1S/C15H31GeNO2SSi/c1-16(2,3)14-12-13(17-10-8-7-9-11-17)15(20(14,18)19)21(4,5)6/h12-13,15H,7-11H2,1-6H3. The van der Waals surface area contributed by atoms with Gasteiger partial charge in [-0.05, 0) is 0 Å². The summed E-state index contributed by atoms with van der Waals surface area (Å²) < 4.78 is 27.3. The molecule has 2 aliphatic heterocycles. The third-order valence-electron chi connectivity index (χ3n) is 4.68. The van der Waals surface area contributed by atoms with E-state index in [9.17, 15) is 8.42 Å². The third kappa shape index (κ3) is 3.51. The van der Waals surface area contributed by atoms with E-state index >= 15 is 0 Å². The Labute approximate surface area is 134 Å². The van der Waals surface area contributed by atoms with Crippen LogP contribution in [0.4, 0.5) is 0 Å². The number of hydrogen-bond acceptors (Lipinski definition) is 3. The normalized spacial score (nSPS) is 31.2. The van der Waals surface area contributed by atoms with Crippen molar-refractivity contribution >= 4 is 31.2 Å². The van der Waals surface area contributed by atoms with Crippen molar-refractivity contribution in [3.63, 3.8) is 0 Å². The Morgan fingerprint density at radius 1 is 1.10 bits per heavy atom. The molecule has 21 heavy (non-hydrogen) atoms. The Morgan fingerprint density at radius 3 is 2.05 bits per heavy atom. The van der Waals surface area contributed by atoms with E-state index < -0.39 is 31.2 Å². The molecule has 6 heteroatoms. The van der Waals surface area contributed by atoms with Crippen molar-refractivity contribution in [1.82, 2.24) is 4.90 Å². The van der Waals surface area contributed by atoms with Crippen molar-refractivity contribution < 1.29 is 8.42 Å². The van der Waals surface area contributed by atoms with E-state index in [1.165, 1.54) is 19.3 Å². The van der Waals surface area contributed by atoms with Gasteiger partial charge in [-0.25, -0.2) is 0 Å². The molecule has 2 rings (SSSR count). The van der Waals surface area contributed by atoms with Crippen molar-refractivity contribution in [2.75, 3.05) is 13.1 Å². The SMILES string of the molecule is C[Si](C)(C)C1C(N2CCCCC2)C=[C]([Ge]([CH3])([CH3])[CH3])S1(=O)=O. The van der Waals surface area contributed by atoms with Crippen molar-refractivity contribution in [1.29, 1.82) is 0 Å². The van der Waals surface area contributed by atoms with E-state index in [1.807, 2.05) is 0 Å². The van der Waals surface area contributed by atoms with Gasteiger partial charge in [0.05, 0.1) is 0 Å². The molecule has 0 spiro atoms. The molecule has 0 aromatic heterocycles. The summed E-state index contributed by atoms with van der Waals surface area (Å²) in [6, 6.07) is 0.154. The monoisotopic (exact) mass is 391 g/mol. The number of likely N-dealkylation sites (tertiary alicyclic amines) is 1. The zero-order chi connectivity index (χ0) is 16.1. The summed E-state index contributed by atoms with van der Waals surface area (Å²) in [6.07, 6.45) is 5.91. The Balaban J connectivity index is 2.47. The van der Waals surface area contributed by atoms with E-state index in [0.29, 0.717) is 0 Å². The molecule has 0 aromatic carbocycles. The van der Waals surface area contributed by atoms with Crippen LogP contribution in [-0.4, -0.2) is 58.7 Å². The summed E-state index contributed by atoms with van der Waals surface area (Å²) in [4.78, 5) is 2.33. The Morgan fingerprint density at radius 2 is 1.62 bits per heavy atom. The summed E-state index contributed by atoms with van der Waals surface area (Å²) in [5, 5.41) is 0. The van der Waals surface area contributed by atoms with Crippen molar-refractivity contribution in [2.45, 2.75) is 67.1 Å². The van der Waals surface area contributed by atoms with Gasteiger partial charge in [-0.3, -0.25) is 0 Å². The summed E-state index contributed by atoms with van der Waals surface area (Å²) >= 11 is -2.35. The summed E-state index contributed by atoms with van der Waals surface area (Å²) in [5.74, 6) is 6.63. The van der Waals surface area contributed by atoms with Crippen LogP contribution in [0.25, 0.3) is 0 Å². The van der Waals surface area contributed by atoms with Crippen LogP contribution in [0.1, 0.15) is 19.3 Å². The second-order valence-electron chi connectivity index (χ2n) is 8.70. The van der Waals surface area contributed by atoms with Crippen LogP contribution in [0.15, 0.2) is 9.81 Å². The van der Waals surface area contributed by atoms with Gasteiger partial charge in [0.25, 0.3) is 0 Å². The maximum absolute atomic E-state index is 13.2. The molecule has 0 amide bonds. The predicted molar refractivity (Wildman–Crippen MR) is 96.7 cm³/mol. The average molecular weight is 390 g/mol. The molecule has 3 nitrogen and oxygen atoms in total. The van der Waals surface area contributed by atoms with Gasteiger partial charge in [-0.15, -0.1) is 0 Å². The quantitative estimate of drug-likeness (QED) is 0.695. The zero-order valence-corrected chi connectivity index (χ0v) is 18.4. The Bertz CT molecular complexity index is 525.